The minimum atomic E-state index is -0.954. The predicted octanol–water partition coefficient (Wildman–Crippen LogP) is 1.31. The minimum absolute atomic E-state index is 0.153. The topological polar surface area (TPSA) is 97.1 Å². The van der Waals surface area contributed by atoms with Gasteiger partial charge >= 0.3 is 5.97 Å². The van der Waals surface area contributed by atoms with Crippen LogP contribution in [-0.2, 0) is 16.1 Å². The summed E-state index contributed by atoms with van der Waals surface area (Å²) in [5.74, 6) is -1.17. The van der Waals surface area contributed by atoms with Crippen LogP contribution in [0.4, 0.5) is 0 Å². The SMILES string of the molecule is Cc1ccccc1C(CC(=O)O)NC(=O)CCn1cncn1. The number of amides is 1. The molecule has 7 heteroatoms. The van der Waals surface area contributed by atoms with Crippen molar-refractivity contribution < 1.29 is 14.7 Å². The molecular weight excluding hydrogens is 284 g/mol. The highest BCUT2D eigenvalue weighted by atomic mass is 16.4. The van der Waals surface area contributed by atoms with E-state index in [1.807, 2.05) is 31.2 Å². The van der Waals surface area contributed by atoms with Crippen LogP contribution in [0.2, 0.25) is 0 Å². The summed E-state index contributed by atoms with van der Waals surface area (Å²) < 4.78 is 1.56. The maximum Gasteiger partial charge on any atom is 0.305 e. The molecule has 1 heterocycles. The van der Waals surface area contributed by atoms with E-state index in [-0.39, 0.29) is 18.7 Å². The summed E-state index contributed by atoms with van der Waals surface area (Å²) in [4.78, 5) is 26.9. The first-order chi connectivity index (χ1) is 10.6. The van der Waals surface area contributed by atoms with Crippen molar-refractivity contribution in [1.29, 1.82) is 0 Å². The van der Waals surface area contributed by atoms with E-state index in [1.165, 1.54) is 12.7 Å². The standard InChI is InChI=1S/C15H18N4O3/c1-11-4-2-3-5-12(11)13(8-15(21)22)18-14(20)6-7-19-10-16-9-17-19/h2-5,9-10,13H,6-8H2,1H3,(H,18,20)(H,21,22). The highest BCUT2D eigenvalue weighted by Crippen LogP contribution is 2.20. The quantitative estimate of drug-likeness (QED) is 0.803. The zero-order chi connectivity index (χ0) is 15.9. The van der Waals surface area contributed by atoms with Crippen molar-refractivity contribution in [3.8, 4) is 0 Å². The summed E-state index contributed by atoms with van der Waals surface area (Å²) in [7, 11) is 0. The molecule has 1 atom stereocenters. The molecule has 0 radical (unpaired) electrons. The lowest BCUT2D eigenvalue weighted by atomic mass is 9.98. The van der Waals surface area contributed by atoms with E-state index in [1.54, 1.807) is 4.68 Å². The number of carbonyl (C=O) groups is 2. The molecule has 2 rings (SSSR count). The molecule has 0 aliphatic carbocycles. The van der Waals surface area contributed by atoms with Crippen molar-refractivity contribution in [2.75, 3.05) is 0 Å². The van der Waals surface area contributed by atoms with E-state index in [0.717, 1.165) is 11.1 Å². The third-order valence-corrected chi connectivity index (χ3v) is 3.31. The fraction of sp³-hybridized carbons (Fsp3) is 0.333. The molecule has 1 unspecified atom stereocenters. The van der Waals surface area contributed by atoms with Crippen molar-refractivity contribution in [3.05, 3.63) is 48.0 Å². The number of carboxylic acid groups (broad SMARTS) is 1. The van der Waals surface area contributed by atoms with Gasteiger partial charge in [0.05, 0.1) is 19.0 Å². The zero-order valence-electron chi connectivity index (χ0n) is 12.3. The Hall–Kier alpha value is -2.70. The van der Waals surface area contributed by atoms with Gasteiger partial charge in [-0.25, -0.2) is 4.98 Å². The fourth-order valence-electron chi connectivity index (χ4n) is 2.22. The molecule has 1 aromatic carbocycles. The number of aromatic nitrogens is 3. The highest BCUT2D eigenvalue weighted by molar-refractivity contribution is 5.77. The summed E-state index contributed by atoms with van der Waals surface area (Å²) in [6.07, 6.45) is 2.99. The molecule has 1 amide bonds. The van der Waals surface area contributed by atoms with Crippen LogP contribution in [0.3, 0.4) is 0 Å². The van der Waals surface area contributed by atoms with Gasteiger partial charge in [-0.1, -0.05) is 24.3 Å². The summed E-state index contributed by atoms with van der Waals surface area (Å²) in [5, 5.41) is 15.8. The van der Waals surface area contributed by atoms with E-state index in [9.17, 15) is 9.59 Å². The van der Waals surface area contributed by atoms with E-state index in [4.69, 9.17) is 5.11 Å². The van der Waals surface area contributed by atoms with Crippen molar-refractivity contribution in [1.82, 2.24) is 20.1 Å². The van der Waals surface area contributed by atoms with Gasteiger partial charge in [0.15, 0.2) is 0 Å². The van der Waals surface area contributed by atoms with Gasteiger partial charge in [-0.15, -0.1) is 0 Å². The van der Waals surface area contributed by atoms with Gasteiger partial charge in [-0.2, -0.15) is 5.10 Å². The molecule has 2 N–H and O–H groups in total. The Balaban J connectivity index is 2.01. The average molecular weight is 302 g/mol. The molecule has 0 saturated heterocycles. The summed E-state index contributed by atoms with van der Waals surface area (Å²) in [6, 6.07) is 6.90. The molecule has 1 aromatic heterocycles. The van der Waals surface area contributed by atoms with Crippen LogP contribution in [0.15, 0.2) is 36.9 Å². The number of hydrogen-bond donors (Lipinski definition) is 2. The van der Waals surface area contributed by atoms with Crippen LogP contribution in [0.25, 0.3) is 0 Å². The van der Waals surface area contributed by atoms with Gasteiger partial charge in [0, 0.05) is 6.42 Å². The first-order valence-corrected chi connectivity index (χ1v) is 6.95. The first-order valence-electron chi connectivity index (χ1n) is 6.95. The number of aliphatic carboxylic acids is 1. The molecule has 0 bridgehead atoms. The van der Waals surface area contributed by atoms with Gasteiger partial charge in [-0.05, 0) is 18.1 Å². The Morgan fingerprint density at radius 3 is 2.77 bits per heavy atom. The monoisotopic (exact) mass is 302 g/mol. The fourth-order valence-corrected chi connectivity index (χ4v) is 2.22. The summed E-state index contributed by atoms with van der Waals surface area (Å²) in [5.41, 5.74) is 1.77. The molecule has 0 aliphatic heterocycles. The van der Waals surface area contributed by atoms with Crippen LogP contribution >= 0.6 is 0 Å². The summed E-state index contributed by atoms with van der Waals surface area (Å²) >= 11 is 0. The van der Waals surface area contributed by atoms with Crippen LogP contribution < -0.4 is 5.32 Å². The Bertz CT molecular complexity index is 640. The first kappa shape index (κ1) is 15.7. The lowest BCUT2D eigenvalue weighted by Crippen LogP contribution is -2.31. The maximum atomic E-state index is 12.0. The predicted molar refractivity (Wildman–Crippen MR) is 79.0 cm³/mol. The number of nitrogens with zero attached hydrogens (tertiary/aromatic N) is 3. The number of carbonyl (C=O) groups excluding carboxylic acids is 1. The van der Waals surface area contributed by atoms with Gasteiger partial charge in [0.2, 0.25) is 5.91 Å². The van der Waals surface area contributed by atoms with Crippen LogP contribution in [0.1, 0.15) is 30.0 Å². The van der Waals surface area contributed by atoms with Crippen molar-refractivity contribution >= 4 is 11.9 Å². The lowest BCUT2D eigenvalue weighted by molar-refractivity contribution is -0.137. The molecule has 116 valence electrons. The molecule has 0 fully saturated rings. The van der Waals surface area contributed by atoms with E-state index in [2.05, 4.69) is 15.4 Å². The highest BCUT2D eigenvalue weighted by Gasteiger charge is 2.19. The van der Waals surface area contributed by atoms with Crippen LogP contribution in [-0.4, -0.2) is 31.7 Å². The second kappa shape index (κ2) is 7.35. The number of aryl methyl sites for hydroxylation is 2. The van der Waals surface area contributed by atoms with E-state index in [0.29, 0.717) is 6.54 Å². The maximum absolute atomic E-state index is 12.0. The third kappa shape index (κ3) is 4.41. The molecular formula is C15H18N4O3. The van der Waals surface area contributed by atoms with Crippen LogP contribution in [0.5, 0.6) is 0 Å². The largest absolute Gasteiger partial charge is 0.481 e. The second-order valence-electron chi connectivity index (χ2n) is 4.98. The Morgan fingerprint density at radius 1 is 1.36 bits per heavy atom. The Morgan fingerprint density at radius 2 is 2.14 bits per heavy atom. The third-order valence-electron chi connectivity index (χ3n) is 3.31. The van der Waals surface area contributed by atoms with Gasteiger partial charge in [-0.3, -0.25) is 14.3 Å². The lowest BCUT2D eigenvalue weighted by Gasteiger charge is -2.19. The van der Waals surface area contributed by atoms with E-state index < -0.39 is 12.0 Å². The number of hydrogen-bond acceptors (Lipinski definition) is 4. The second-order valence-corrected chi connectivity index (χ2v) is 4.98. The van der Waals surface area contributed by atoms with Crippen molar-refractivity contribution in [2.24, 2.45) is 0 Å². The zero-order valence-corrected chi connectivity index (χ0v) is 12.3. The number of nitrogens with one attached hydrogen (secondary N) is 1. The van der Waals surface area contributed by atoms with Gasteiger partial charge < -0.3 is 10.4 Å². The van der Waals surface area contributed by atoms with Crippen LogP contribution in [0, 0.1) is 6.92 Å². The number of carboxylic acids is 1. The smallest absolute Gasteiger partial charge is 0.305 e. The van der Waals surface area contributed by atoms with Gasteiger partial charge in [0.1, 0.15) is 12.7 Å². The molecule has 0 aliphatic rings. The van der Waals surface area contributed by atoms with Crippen molar-refractivity contribution in [2.45, 2.75) is 32.4 Å². The molecule has 0 spiro atoms. The minimum Gasteiger partial charge on any atom is -0.481 e. The molecule has 2 aromatic rings. The summed E-state index contributed by atoms with van der Waals surface area (Å²) in [6.45, 7) is 2.30. The van der Waals surface area contributed by atoms with E-state index >= 15 is 0 Å². The average Bonchev–Trinajstić information content (AvgIpc) is 2.98. The normalized spacial score (nSPS) is 11.9. The molecule has 22 heavy (non-hydrogen) atoms. The number of rotatable bonds is 7. The van der Waals surface area contributed by atoms with Gasteiger partial charge in [0.25, 0.3) is 0 Å². The molecule has 7 nitrogen and oxygen atoms in total. The van der Waals surface area contributed by atoms with Crippen molar-refractivity contribution in [3.63, 3.8) is 0 Å². The molecule has 0 saturated carbocycles. The number of benzene rings is 1. The Kier molecular flexibility index (Phi) is 5.24. The Labute approximate surface area is 128 Å².